The van der Waals surface area contributed by atoms with Crippen LogP contribution < -0.4 is 20.1 Å². The molecule has 0 spiro atoms. The van der Waals surface area contributed by atoms with E-state index >= 15 is 4.39 Å². The van der Waals surface area contributed by atoms with Crippen molar-refractivity contribution in [2.75, 3.05) is 69.9 Å². The van der Waals surface area contributed by atoms with Crippen molar-refractivity contribution >= 4 is 45.0 Å². The lowest BCUT2D eigenvalue weighted by atomic mass is 9.91. The van der Waals surface area contributed by atoms with Crippen LogP contribution in [0.4, 0.5) is 16.0 Å². The highest BCUT2D eigenvalue weighted by molar-refractivity contribution is 6.33. The lowest BCUT2D eigenvalue weighted by Crippen LogP contribution is -2.43. The van der Waals surface area contributed by atoms with Gasteiger partial charge in [0.1, 0.15) is 35.6 Å². The number of aromatic amines is 1. The van der Waals surface area contributed by atoms with E-state index in [9.17, 15) is 0 Å². The second-order valence-corrected chi connectivity index (χ2v) is 14.5. The Hall–Kier alpha value is -3.78. The molecule has 0 unspecified atom stereocenters. The van der Waals surface area contributed by atoms with Crippen molar-refractivity contribution in [3.63, 3.8) is 0 Å². The first kappa shape index (κ1) is 29.2. The number of H-pyrrole nitrogens is 1. The van der Waals surface area contributed by atoms with Crippen LogP contribution in [0.25, 0.3) is 33.1 Å². The largest absolute Gasteiger partial charge is 0.475 e. The summed E-state index contributed by atoms with van der Waals surface area (Å²) in [7, 11) is 0. The zero-order chi connectivity index (χ0) is 32.1. The van der Waals surface area contributed by atoms with Crippen molar-refractivity contribution in [2.24, 2.45) is 0 Å². The Morgan fingerprint density at radius 2 is 1.98 bits per heavy atom. The molecule has 250 valence electrons. The van der Waals surface area contributed by atoms with Gasteiger partial charge in [-0.05, 0) is 68.2 Å². The number of nitrogen functional groups attached to an aromatic ring is 1. The van der Waals surface area contributed by atoms with Crippen LogP contribution in [0.5, 0.6) is 11.9 Å². The van der Waals surface area contributed by atoms with Crippen LogP contribution in [-0.4, -0.2) is 101 Å². The number of hydrogen-bond acceptors (Lipinski definition) is 11. The van der Waals surface area contributed by atoms with Crippen molar-refractivity contribution < 1.29 is 23.3 Å². The summed E-state index contributed by atoms with van der Waals surface area (Å²) in [5.41, 5.74) is 11.3. The molecule has 0 amide bonds. The number of fused-ring (bicyclic) bond motifs is 4. The number of halogens is 2. The molecule has 3 N–H and O–H groups in total. The highest BCUT2D eigenvalue weighted by atomic mass is 35.5. The molecule has 5 fully saturated rings. The van der Waals surface area contributed by atoms with Crippen LogP contribution in [0.2, 0.25) is 5.02 Å². The highest BCUT2D eigenvalue weighted by Gasteiger charge is 2.48. The summed E-state index contributed by atoms with van der Waals surface area (Å²) < 4.78 is 41.7. The van der Waals surface area contributed by atoms with Crippen molar-refractivity contribution in [1.82, 2.24) is 30.0 Å². The molecule has 6 aliphatic rings. The number of hydrogen-bond donors (Lipinski definition) is 2. The van der Waals surface area contributed by atoms with Gasteiger partial charge in [0.25, 0.3) is 0 Å². The maximum Gasteiger partial charge on any atom is 0.319 e. The van der Waals surface area contributed by atoms with Gasteiger partial charge in [0.05, 0.1) is 42.3 Å². The predicted molar refractivity (Wildman–Crippen MR) is 177 cm³/mol. The number of aromatic nitrogens is 5. The van der Waals surface area contributed by atoms with Gasteiger partial charge in [-0.25, -0.2) is 9.37 Å². The van der Waals surface area contributed by atoms with Gasteiger partial charge in [0.15, 0.2) is 11.6 Å². The van der Waals surface area contributed by atoms with Gasteiger partial charge in [-0.1, -0.05) is 17.2 Å². The SMILES string of the molecule is Nc1n[nH]c2cc(Cl)c(C3CC3)c(-c3nc4c5c(nc(OC[C@@]67CCCN6CC(=C6COC6)C7)nc5c3F)N3CCCOC[C@H]3CO4)c12. The summed E-state index contributed by atoms with van der Waals surface area (Å²) in [6, 6.07) is 1.81. The molecule has 4 saturated heterocycles. The highest BCUT2D eigenvalue weighted by Crippen LogP contribution is 2.52. The molecule has 8 heterocycles. The van der Waals surface area contributed by atoms with Gasteiger partial charge in [-0.15, -0.1) is 0 Å². The van der Waals surface area contributed by atoms with Crippen LogP contribution in [0.3, 0.4) is 0 Å². The average molecular weight is 675 g/mol. The zero-order valence-corrected chi connectivity index (χ0v) is 27.2. The van der Waals surface area contributed by atoms with Crippen molar-refractivity contribution in [1.29, 1.82) is 0 Å². The number of benzene rings is 1. The van der Waals surface area contributed by atoms with E-state index in [0.29, 0.717) is 65.7 Å². The molecule has 1 aromatic carbocycles. The van der Waals surface area contributed by atoms with Gasteiger partial charge in [-0.2, -0.15) is 15.1 Å². The lowest BCUT2D eigenvalue weighted by molar-refractivity contribution is 0.100. The summed E-state index contributed by atoms with van der Waals surface area (Å²) in [5.74, 6) is 0.649. The Balaban J connectivity index is 1.14. The van der Waals surface area contributed by atoms with E-state index in [0.717, 1.165) is 70.4 Å². The van der Waals surface area contributed by atoms with Crippen molar-refractivity contribution in [3.8, 4) is 23.1 Å². The van der Waals surface area contributed by atoms with E-state index in [-0.39, 0.29) is 46.4 Å². The third-order valence-electron chi connectivity index (χ3n) is 11.1. The van der Waals surface area contributed by atoms with Gasteiger partial charge in [0, 0.05) is 30.3 Å². The van der Waals surface area contributed by atoms with E-state index < -0.39 is 5.82 Å². The number of pyridine rings is 1. The summed E-state index contributed by atoms with van der Waals surface area (Å²) in [5, 5.41) is 8.72. The fourth-order valence-electron chi connectivity index (χ4n) is 8.46. The Morgan fingerprint density at radius 1 is 1.08 bits per heavy atom. The molecule has 10 rings (SSSR count). The molecule has 48 heavy (non-hydrogen) atoms. The van der Waals surface area contributed by atoms with Gasteiger partial charge in [0.2, 0.25) is 5.88 Å². The Labute approximate surface area is 280 Å². The summed E-state index contributed by atoms with van der Waals surface area (Å²) in [6.45, 7) is 5.89. The zero-order valence-electron chi connectivity index (χ0n) is 26.5. The number of rotatable bonds is 5. The number of nitrogens with zero attached hydrogens (tertiary/aromatic N) is 6. The Bertz CT molecular complexity index is 2030. The number of nitrogens with one attached hydrogen (secondary N) is 1. The van der Waals surface area contributed by atoms with Crippen LogP contribution >= 0.6 is 11.6 Å². The fraction of sp³-hybridized carbons (Fsp3) is 0.529. The minimum atomic E-state index is -0.597. The monoisotopic (exact) mass is 674 g/mol. The molecule has 5 aliphatic heterocycles. The molecule has 14 heteroatoms. The molecule has 3 aromatic heterocycles. The van der Waals surface area contributed by atoms with Gasteiger partial charge < -0.3 is 29.6 Å². The Morgan fingerprint density at radius 3 is 2.81 bits per heavy atom. The predicted octanol–water partition coefficient (Wildman–Crippen LogP) is 4.75. The van der Waals surface area contributed by atoms with Gasteiger partial charge in [-0.3, -0.25) is 10.00 Å². The third kappa shape index (κ3) is 4.43. The molecule has 12 nitrogen and oxygen atoms in total. The number of ether oxygens (including phenoxy) is 4. The van der Waals surface area contributed by atoms with Crippen LogP contribution in [0, 0.1) is 5.82 Å². The first-order chi connectivity index (χ1) is 23.5. The smallest absolute Gasteiger partial charge is 0.319 e. The molecule has 2 atom stereocenters. The van der Waals surface area contributed by atoms with Crippen molar-refractivity contribution in [3.05, 3.63) is 33.6 Å². The Kier molecular flexibility index (Phi) is 6.60. The molecular weight excluding hydrogens is 639 g/mol. The maximum absolute atomic E-state index is 17.3. The summed E-state index contributed by atoms with van der Waals surface area (Å²) in [6.07, 6.45) is 5.77. The fourth-order valence-corrected chi connectivity index (χ4v) is 8.82. The van der Waals surface area contributed by atoms with E-state index in [1.54, 1.807) is 0 Å². The quantitative estimate of drug-likeness (QED) is 0.284. The lowest BCUT2D eigenvalue weighted by Gasteiger charge is -2.31. The number of anilines is 2. The average Bonchev–Trinajstić information content (AvgIpc) is 3.70. The second kappa shape index (κ2) is 10.9. The molecule has 4 aromatic rings. The second-order valence-electron chi connectivity index (χ2n) is 14.1. The minimum absolute atomic E-state index is 0.0827. The molecule has 1 aliphatic carbocycles. The minimum Gasteiger partial charge on any atom is -0.475 e. The van der Waals surface area contributed by atoms with Gasteiger partial charge >= 0.3 is 6.01 Å². The normalized spacial score (nSPS) is 25.5. The standard InChI is InChI=1S/C34H36ClFN8O4/c35-21-9-22-24(30(37)42-41-22)25(23(21)17-3-4-17)28-27(36)29-26-31(44-7-2-8-45-14-20(44)15-47-32(26)38-28)40-33(39-29)48-16-34-5-1-6-43(34)11-18(10-34)19-12-46-13-19/h9,17,20H,1-8,10-16H2,(H3,37,41,42)/t20-,34-/m0/s1. The molecular formula is C34H36ClFN8O4. The topological polar surface area (TPSA) is 137 Å². The van der Waals surface area contributed by atoms with E-state index in [2.05, 4.69) is 20.0 Å². The van der Waals surface area contributed by atoms with Crippen molar-refractivity contribution in [2.45, 2.75) is 56.0 Å². The van der Waals surface area contributed by atoms with Crippen LogP contribution in [0.15, 0.2) is 17.2 Å². The van der Waals surface area contributed by atoms with Crippen LogP contribution in [-0.2, 0) is 9.47 Å². The maximum atomic E-state index is 17.3. The molecule has 1 saturated carbocycles. The number of nitrogens with two attached hydrogens (primary N) is 1. The third-order valence-corrected chi connectivity index (χ3v) is 11.4. The molecule has 0 radical (unpaired) electrons. The summed E-state index contributed by atoms with van der Waals surface area (Å²) in [4.78, 5) is 19.3. The molecule has 0 bridgehead atoms. The first-order valence-electron chi connectivity index (χ1n) is 17.0. The van der Waals surface area contributed by atoms with E-state index in [4.69, 9.17) is 51.2 Å². The first-order valence-corrected chi connectivity index (χ1v) is 17.4. The van der Waals surface area contributed by atoms with Crippen LogP contribution in [0.1, 0.15) is 50.0 Å². The van der Waals surface area contributed by atoms with E-state index in [1.165, 1.54) is 11.1 Å². The summed E-state index contributed by atoms with van der Waals surface area (Å²) >= 11 is 6.87. The van der Waals surface area contributed by atoms with E-state index in [1.807, 2.05) is 6.07 Å².